The molecule has 1 aromatic heterocycles. The van der Waals surface area contributed by atoms with Crippen molar-refractivity contribution in [3.05, 3.63) is 23.0 Å². The number of hydrogen-bond donors (Lipinski definition) is 0. The van der Waals surface area contributed by atoms with Gasteiger partial charge in [0.2, 0.25) is 11.8 Å². The Balaban J connectivity index is 1.35. The summed E-state index contributed by atoms with van der Waals surface area (Å²) >= 11 is 0. The van der Waals surface area contributed by atoms with Crippen molar-refractivity contribution in [2.45, 2.75) is 70.8 Å². The van der Waals surface area contributed by atoms with Crippen LogP contribution in [-0.4, -0.2) is 57.6 Å². The number of carbonyl (C=O) groups excluding carboxylic acids is 2. The number of likely N-dealkylation sites (tertiary alicyclic amines) is 2. The highest BCUT2D eigenvalue weighted by atomic mass is 16.6. The van der Waals surface area contributed by atoms with Crippen molar-refractivity contribution in [2.75, 3.05) is 19.6 Å². The molecule has 2 atom stereocenters. The molecule has 152 valence electrons. The highest BCUT2D eigenvalue weighted by Gasteiger charge is 2.40. The average Bonchev–Trinajstić information content (AvgIpc) is 3.12. The van der Waals surface area contributed by atoms with E-state index in [4.69, 9.17) is 4.63 Å². The van der Waals surface area contributed by atoms with E-state index in [1.54, 1.807) is 6.92 Å². The van der Waals surface area contributed by atoms with E-state index in [1.165, 1.54) is 31.3 Å². The van der Waals surface area contributed by atoms with E-state index in [0.717, 1.165) is 32.4 Å². The smallest absolute Gasteiger partial charge is 0.228 e. The molecule has 2 fully saturated rings. The molecule has 2 unspecified atom stereocenters. The van der Waals surface area contributed by atoms with Crippen LogP contribution < -0.4 is 0 Å². The van der Waals surface area contributed by atoms with Gasteiger partial charge in [0.05, 0.1) is 6.42 Å². The zero-order chi connectivity index (χ0) is 19.5. The summed E-state index contributed by atoms with van der Waals surface area (Å²) in [5, 5.41) is 7.58. The summed E-state index contributed by atoms with van der Waals surface area (Å²) in [5.74, 6) is 0.752. The average molecular weight is 386 g/mol. The Bertz CT molecular complexity index is 757. The third kappa shape index (κ3) is 4.13. The number of amides is 2. The van der Waals surface area contributed by atoms with E-state index in [2.05, 4.69) is 21.3 Å². The van der Waals surface area contributed by atoms with E-state index in [0.29, 0.717) is 36.2 Å². The van der Waals surface area contributed by atoms with Gasteiger partial charge in [-0.1, -0.05) is 22.0 Å². The molecule has 28 heavy (non-hydrogen) atoms. The van der Waals surface area contributed by atoms with Crippen LogP contribution in [-0.2, 0) is 16.0 Å². The van der Waals surface area contributed by atoms with E-state index >= 15 is 0 Å². The van der Waals surface area contributed by atoms with Gasteiger partial charge in [0.15, 0.2) is 0 Å². The van der Waals surface area contributed by atoms with Gasteiger partial charge in [-0.15, -0.1) is 0 Å². The van der Waals surface area contributed by atoms with Crippen LogP contribution in [0.2, 0.25) is 0 Å². The Morgan fingerprint density at radius 2 is 2.14 bits per heavy atom. The summed E-state index contributed by atoms with van der Waals surface area (Å²) < 4.78 is 4.70. The molecule has 0 radical (unpaired) electrons. The summed E-state index contributed by atoms with van der Waals surface area (Å²) in [6.45, 7) is 4.08. The maximum Gasteiger partial charge on any atom is 0.228 e. The lowest BCUT2D eigenvalue weighted by Gasteiger charge is -2.47. The van der Waals surface area contributed by atoms with Crippen molar-refractivity contribution in [1.29, 1.82) is 0 Å². The first kappa shape index (κ1) is 19.2. The summed E-state index contributed by atoms with van der Waals surface area (Å²) in [6.07, 6.45) is 10.9. The molecule has 0 saturated carbocycles. The molecule has 4 rings (SSSR count). The topological polar surface area (TPSA) is 79.5 Å². The fraction of sp³-hybridized carbons (Fsp3) is 0.714. The number of nitrogens with zero attached hydrogens (tertiary/aromatic N) is 4. The lowest BCUT2D eigenvalue weighted by atomic mass is 9.83. The number of aryl methyl sites for hydroxylation is 1. The van der Waals surface area contributed by atoms with Crippen molar-refractivity contribution < 1.29 is 14.2 Å². The molecule has 0 N–H and O–H groups in total. The van der Waals surface area contributed by atoms with Crippen molar-refractivity contribution >= 4 is 11.8 Å². The van der Waals surface area contributed by atoms with Gasteiger partial charge in [0.1, 0.15) is 11.4 Å². The number of piperidine rings is 2. The molecule has 1 aliphatic carbocycles. The molecule has 0 bridgehead atoms. The Labute approximate surface area is 166 Å². The predicted octanol–water partition coefficient (Wildman–Crippen LogP) is 2.65. The maximum absolute atomic E-state index is 12.7. The molecule has 3 heterocycles. The largest absolute Gasteiger partial charge is 0.342 e. The second-order valence-corrected chi connectivity index (χ2v) is 8.41. The van der Waals surface area contributed by atoms with Crippen molar-refractivity contribution in [1.82, 2.24) is 20.1 Å². The van der Waals surface area contributed by atoms with Crippen LogP contribution in [0, 0.1) is 12.8 Å². The third-order valence-corrected chi connectivity index (χ3v) is 6.62. The van der Waals surface area contributed by atoms with Crippen molar-refractivity contribution in [2.24, 2.45) is 5.92 Å². The summed E-state index contributed by atoms with van der Waals surface area (Å²) in [6, 6.07) is 0.282. The van der Waals surface area contributed by atoms with Crippen LogP contribution in [0.3, 0.4) is 0 Å². The quantitative estimate of drug-likeness (QED) is 0.727. The van der Waals surface area contributed by atoms with Gasteiger partial charge < -0.3 is 9.80 Å². The maximum atomic E-state index is 12.7. The van der Waals surface area contributed by atoms with Crippen LogP contribution in [0.25, 0.3) is 0 Å². The molecule has 1 aromatic rings. The fourth-order valence-corrected chi connectivity index (χ4v) is 4.93. The predicted molar refractivity (Wildman–Crippen MR) is 103 cm³/mol. The molecule has 0 aromatic carbocycles. The standard InChI is InChI=1S/C21H30N4O3/c1-15-18(23-28-22-15)13-21(27)24-11-10-19-17(14-24)7-8-20(26)25(19)12-9-16-5-3-2-4-6-16/h5,17,19H,2-4,6-14H2,1H3. The van der Waals surface area contributed by atoms with Gasteiger partial charge in [-0.05, 0) is 57.8 Å². The Hall–Kier alpha value is -2.18. The van der Waals surface area contributed by atoms with Crippen LogP contribution in [0.15, 0.2) is 16.3 Å². The Morgan fingerprint density at radius 1 is 1.25 bits per heavy atom. The molecule has 0 spiro atoms. The first-order chi connectivity index (χ1) is 13.6. The normalized spacial score (nSPS) is 25.5. The highest BCUT2D eigenvalue weighted by molar-refractivity contribution is 5.79. The van der Waals surface area contributed by atoms with E-state index < -0.39 is 0 Å². The van der Waals surface area contributed by atoms with Gasteiger partial charge >= 0.3 is 0 Å². The molecule has 7 nitrogen and oxygen atoms in total. The first-order valence-electron chi connectivity index (χ1n) is 10.6. The first-order valence-corrected chi connectivity index (χ1v) is 10.6. The summed E-state index contributed by atoms with van der Waals surface area (Å²) in [7, 11) is 0. The van der Waals surface area contributed by atoms with Gasteiger partial charge in [-0.25, -0.2) is 4.63 Å². The van der Waals surface area contributed by atoms with Gasteiger partial charge in [0.25, 0.3) is 0 Å². The van der Waals surface area contributed by atoms with Gasteiger partial charge in [-0.2, -0.15) is 0 Å². The van der Waals surface area contributed by atoms with Crippen LogP contribution >= 0.6 is 0 Å². The fourth-order valence-electron chi connectivity index (χ4n) is 4.93. The number of carbonyl (C=O) groups is 2. The molecular formula is C21H30N4O3. The minimum atomic E-state index is 0.0769. The highest BCUT2D eigenvalue weighted by Crippen LogP contribution is 2.32. The van der Waals surface area contributed by atoms with Crippen molar-refractivity contribution in [3.63, 3.8) is 0 Å². The van der Waals surface area contributed by atoms with Crippen molar-refractivity contribution in [3.8, 4) is 0 Å². The molecule has 2 saturated heterocycles. The van der Waals surface area contributed by atoms with Crippen LogP contribution in [0.4, 0.5) is 0 Å². The lowest BCUT2D eigenvalue weighted by molar-refractivity contribution is -0.144. The Morgan fingerprint density at radius 3 is 2.89 bits per heavy atom. The number of hydrogen-bond acceptors (Lipinski definition) is 5. The SMILES string of the molecule is Cc1nonc1CC(=O)N1CCC2C(CCC(=O)N2CCC2=CCCCC2)C1. The van der Waals surface area contributed by atoms with Crippen LogP contribution in [0.5, 0.6) is 0 Å². The summed E-state index contributed by atoms with van der Waals surface area (Å²) in [4.78, 5) is 29.3. The lowest BCUT2D eigenvalue weighted by Crippen LogP contribution is -2.57. The molecule has 2 amide bonds. The van der Waals surface area contributed by atoms with Gasteiger partial charge in [0, 0.05) is 32.1 Å². The minimum Gasteiger partial charge on any atom is -0.342 e. The number of allylic oxidation sites excluding steroid dienone is 1. The second kappa shape index (κ2) is 8.45. The summed E-state index contributed by atoms with van der Waals surface area (Å²) in [5.41, 5.74) is 2.81. The monoisotopic (exact) mass is 386 g/mol. The molecule has 3 aliphatic rings. The van der Waals surface area contributed by atoms with E-state index in [9.17, 15) is 9.59 Å². The number of aromatic nitrogens is 2. The minimum absolute atomic E-state index is 0.0769. The van der Waals surface area contributed by atoms with Gasteiger partial charge in [-0.3, -0.25) is 9.59 Å². The number of rotatable bonds is 5. The van der Waals surface area contributed by atoms with E-state index in [-0.39, 0.29) is 18.4 Å². The molecular weight excluding hydrogens is 356 g/mol. The third-order valence-electron chi connectivity index (χ3n) is 6.62. The zero-order valence-electron chi connectivity index (χ0n) is 16.7. The van der Waals surface area contributed by atoms with E-state index in [1.807, 2.05) is 4.90 Å². The van der Waals surface area contributed by atoms with Crippen LogP contribution in [0.1, 0.15) is 62.8 Å². The Kier molecular flexibility index (Phi) is 5.78. The number of fused-ring (bicyclic) bond motifs is 1. The zero-order valence-corrected chi connectivity index (χ0v) is 16.7. The molecule has 2 aliphatic heterocycles. The molecule has 7 heteroatoms. The second-order valence-electron chi connectivity index (χ2n) is 8.41.